The van der Waals surface area contributed by atoms with Crippen molar-refractivity contribution in [3.63, 3.8) is 0 Å². The summed E-state index contributed by atoms with van der Waals surface area (Å²) in [6.45, 7) is 0. The summed E-state index contributed by atoms with van der Waals surface area (Å²) in [5.41, 5.74) is 7.48. The molecule has 3 N–H and O–H groups in total. The standard InChI is InChI=1S/C13H9BrFN3/c14-9-2-1-3-10(15)13(9)18-12-6-8(7-16)4-5-11(12)17/h1-6,18H,17H2. The van der Waals surface area contributed by atoms with Crippen LogP contribution in [0.4, 0.5) is 21.5 Å². The summed E-state index contributed by atoms with van der Waals surface area (Å²) < 4.78 is 14.2. The summed E-state index contributed by atoms with van der Waals surface area (Å²) in [5.74, 6) is -0.397. The molecular formula is C13H9BrFN3. The zero-order valence-electron chi connectivity index (χ0n) is 9.24. The number of nitrogens with two attached hydrogens (primary N) is 1. The zero-order chi connectivity index (χ0) is 13.1. The van der Waals surface area contributed by atoms with Gasteiger partial charge in [0.1, 0.15) is 5.82 Å². The summed E-state index contributed by atoms with van der Waals surface area (Å²) in [5, 5.41) is 11.7. The molecule has 0 aliphatic heterocycles. The molecule has 3 nitrogen and oxygen atoms in total. The highest BCUT2D eigenvalue weighted by Gasteiger charge is 2.08. The Hall–Kier alpha value is -2.06. The maximum absolute atomic E-state index is 13.7. The minimum Gasteiger partial charge on any atom is -0.397 e. The Kier molecular flexibility index (Phi) is 3.49. The number of anilines is 3. The normalized spacial score (nSPS) is 9.83. The SMILES string of the molecule is N#Cc1ccc(N)c(Nc2c(F)cccc2Br)c1. The first-order valence-corrected chi connectivity index (χ1v) is 5.92. The molecule has 2 aromatic rings. The average molecular weight is 306 g/mol. The first kappa shape index (κ1) is 12.4. The zero-order valence-corrected chi connectivity index (χ0v) is 10.8. The third kappa shape index (κ3) is 2.44. The lowest BCUT2D eigenvalue weighted by molar-refractivity contribution is 0.631. The molecule has 0 spiro atoms. The average Bonchev–Trinajstić information content (AvgIpc) is 2.36. The van der Waals surface area contributed by atoms with Gasteiger partial charge < -0.3 is 11.1 Å². The first-order chi connectivity index (χ1) is 8.61. The van der Waals surface area contributed by atoms with Crippen LogP contribution in [0.3, 0.4) is 0 Å². The molecule has 0 unspecified atom stereocenters. The maximum Gasteiger partial charge on any atom is 0.147 e. The lowest BCUT2D eigenvalue weighted by Gasteiger charge is -2.12. The van der Waals surface area contributed by atoms with Crippen molar-refractivity contribution in [1.82, 2.24) is 0 Å². The van der Waals surface area contributed by atoms with Crippen molar-refractivity contribution < 1.29 is 4.39 Å². The Morgan fingerprint density at radius 1 is 1.28 bits per heavy atom. The number of benzene rings is 2. The van der Waals surface area contributed by atoms with Gasteiger partial charge in [-0.2, -0.15) is 5.26 Å². The molecular weight excluding hydrogens is 297 g/mol. The van der Waals surface area contributed by atoms with Crippen LogP contribution in [0.2, 0.25) is 0 Å². The molecule has 0 aliphatic carbocycles. The fraction of sp³-hybridized carbons (Fsp3) is 0. The minimum atomic E-state index is -0.397. The molecule has 5 heteroatoms. The lowest BCUT2D eigenvalue weighted by Crippen LogP contribution is -1.99. The number of hydrogen-bond donors (Lipinski definition) is 2. The van der Waals surface area contributed by atoms with Gasteiger partial charge >= 0.3 is 0 Å². The van der Waals surface area contributed by atoms with E-state index in [2.05, 4.69) is 21.2 Å². The fourth-order valence-corrected chi connectivity index (χ4v) is 1.93. The van der Waals surface area contributed by atoms with E-state index in [1.54, 1.807) is 30.3 Å². The van der Waals surface area contributed by atoms with Crippen molar-refractivity contribution in [2.24, 2.45) is 0 Å². The van der Waals surface area contributed by atoms with Crippen molar-refractivity contribution in [2.45, 2.75) is 0 Å². The van der Waals surface area contributed by atoms with Gasteiger partial charge in [-0.25, -0.2) is 4.39 Å². The summed E-state index contributed by atoms with van der Waals surface area (Å²) in [6.07, 6.45) is 0. The van der Waals surface area contributed by atoms with E-state index in [0.29, 0.717) is 27.1 Å². The predicted octanol–water partition coefficient (Wildman–Crippen LogP) is 3.79. The summed E-state index contributed by atoms with van der Waals surface area (Å²) in [7, 11) is 0. The Balaban J connectivity index is 2.43. The van der Waals surface area contributed by atoms with Crippen LogP contribution in [0.15, 0.2) is 40.9 Å². The number of para-hydroxylation sites is 1. The summed E-state index contributed by atoms with van der Waals surface area (Å²) >= 11 is 3.26. The Morgan fingerprint density at radius 3 is 2.72 bits per heavy atom. The molecule has 0 aromatic heterocycles. The molecule has 0 heterocycles. The van der Waals surface area contributed by atoms with Crippen LogP contribution in [-0.2, 0) is 0 Å². The molecule has 0 bridgehead atoms. The van der Waals surface area contributed by atoms with Crippen LogP contribution in [0.1, 0.15) is 5.56 Å². The summed E-state index contributed by atoms with van der Waals surface area (Å²) in [6, 6.07) is 11.5. The molecule has 18 heavy (non-hydrogen) atoms. The highest BCUT2D eigenvalue weighted by atomic mass is 79.9. The number of halogens is 2. The Labute approximate surface area is 112 Å². The monoisotopic (exact) mass is 305 g/mol. The molecule has 0 aliphatic rings. The second-order valence-electron chi connectivity index (χ2n) is 3.64. The first-order valence-electron chi connectivity index (χ1n) is 5.12. The van der Waals surface area contributed by atoms with Crippen molar-refractivity contribution in [3.05, 3.63) is 52.3 Å². The molecule has 0 fully saturated rings. The molecule has 2 rings (SSSR count). The largest absolute Gasteiger partial charge is 0.397 e. The second kappa shape index (κ2) is 5.07. The number of nitrogens with one attached hydrogen (secondary N) is 1. The third-order valence-electron chi connectivity index (χ3n) is 2.40. The van der Waals surface area contributed by atoms with Gasteiger partial charge in [-0.05, 0) is 46.3 Å². The van der Waals surface area contributed by atoms with Gasteiger partial charge in [-0.1, -0.05) is 6.07 Å². The van der Waals surface area contributed by atoms with Crippen molar-refractivity contribution in [2.75, 3.05) is 11.1 Å². The fourth-order valence-electron chi connectivity index (χ4n) is 1.49. The highest BCUT2D eigenvalue weighted by molar-refractivity contribution is 9.10. The van der Waals surface area contributed by atoms with Gasteiger partial charge in [0.25, 0.3) is 0 Å². The van der Waals surface area contributed by atoms with Crippen LogP contribution < -0.4 is 11.1 Å². The Bertz CT molecular complexity index is 614. The van der Waals surface area contributed by atoms with Crippen molar-refractivity contribution >= 4 is 33.0 Å². The van der Waals surface area contributed by atoms with Crippen LogP contribution in [0, 0.1) is 17.1 Å². The van der Waals surface area contributed by atoms with E-state index < -0.39 is 5.82 Å². The summed E-state index contributed by atoms with van der Waals surface area (Å²) in [4.78, 5) is 0. The molecule has 2 aromatic carbocycles. The topological polar surface area (TPSA) is 61.8 Å². The third-order valence-corrected chi connectivity index (χ3v) is 3.07. The van der Waals surface area contributed by atoms with E-state index in [1.165, 1.54) is 6.07 Å². The number of hydrogen-bond acceptors (Lipinski definition) is 3. The van der Waals surface area contributed by atoms with E-state index in [4.69, 9.17) is 11.0 Å². The van der Waals surface area contributed by atoms with Crippen LogP contribution in [0.5, 0.6) is 0 Å². The molecule has 0 saturated heterocycles. The number of nitrogen functional groups attached to an aromatic ring is 1. The maximum atomic E-state index is 13.7. The van der Waals surface area contributed by atoms with E-state index >= 15 is 0 Å². The smallest absolute Gasteiger partial charge is 0.147 e. The van der Waals surface area contributed by atoms with Gasteiger partial charge in [0.2, 0.25) is 0 Å². The molecule has 0 saturated carbocycles. The molecule has 0 radical (unpaired) electrons. The number of rotatable bonds is 2. The minimum absolute atomic E-state index is 0.291. The lowest BCUT2D eigenvalue weighted by atomic mass is 10.2. The number of nitrogens with zero attached hydrogens (tertiary/aromatic N) is 1. The predicted molar refractivity (Wildman–Crippen MR) is 73.0 cm³/mol. The highest BCUT2D eigenvalue weighted by Crippen LogP contribution is 2.31. The van der Waals surface area contributed by atoms with Gasteiger partial charge in [0.05, 0.1) is 28.7 Å². The van der Waals surface area contributed by atoms with Crippen LogP contribution in [-0.4, -0.2) is 0 Å². The molecule has 0 amide bonds. The quantitative estimate of drug-likeness (QED) is 0.830. The van der Waals surface area contributed by atoms with E-state index in [9.17, 15) is 4.39 Å². The van der Waals surface area contributed by atoms with Crippen LogP contribution in [0.25, 0.3) is 0 Å². The van der Waals surface area contributed by atoms with E-state index in [0.717, 1.165) is 0 Å². The number of nitriles is 1. The molecule has 90 valence electrons. The van der Waals surface area contributed by atoms with Gasteiger partial charge in [-0.3, -0.25) is 0 Å². The van der Waals surface area contributed by atoms with Gasteiger partial charge in [-0.15, -0.1) is 0 Å². The Morgan fingerprint density at radius 2 is 2.06 bits per heavy atom. The molecule has 0 atom stereocenters. The second-order valence-corrected chi connectivity index (χ2v) is 4.49. The van der Waals surface area contributed by atoms with E-state index in [1.807, 2.05) is 6.07 Å². The van der Waals surface area contributed by atoms with Gasteiger partial charge in [0.15, 0.2) is 0 Å². The van der Waals surface area contributed by atoms with E-state index in [-0.39, 0.29) is 0 Å². The van der Waals surface area contributed by atoms with Crippen molar-refractivity contribution in [3.8, 4) is 6.07 Å². The van der Waals surface area contributed by atoms with Crippen molar-refractivity contribution in [1.29, 1.82) is 5.26 Å². The van der Waals surface area contributed by atoms with Crippen LogP contribution >= 0.6 is 15.9 Å². The van der Waals surface area contributed by atoms with Gasteiger partial charge in [0, 0.05) is 4.47 Å².